The van der Waals surface area contributed by atoms with E-state index < -0.39 is 0 Å². The average molecular weight is 1450 g/mol. The summed E-state index contributed by atoms with van der Waals surface area (Å²) in [5, 5.41) is 29.7. The van der Waals surface area contributed by atoms with Gasteiger partial charge in [-0.2, -0.15) is 0 Å². The second-order valence-electron chi connectivity index (χ2n) is 30.1. The summed E-state index contributed by atoms with van der Waals surface area (Å²) in [5.74, 6) is 0. The summed E-state index contributed by atoms with van der Waals surface area (Å²) < 4.78 is 11.3. The van der Waals surface area contributed by atoms with Gasteiger partial charge in [0.25, 0.3) is 0 Å². The standard InChI is InChI=1S/2C19H14.4C14H13N.C13H11N/c1-13-7-6-12-18-16-9-3-2-8-14(16)15-10-4-5-11-17(15)19(13)18;1-13-10-11-18-16-8-3-2-6-14(16)15-7-4-5-9-17(15)19(18)12-13;1-10-6-5-8-12-11-7-3-4-9-13(11)15(2)14(10)12;1-10-6-5-9-13-14(10)11-7-3-4-8-12(11)15(13)2;1-10-7-8-14-12(9-10)11-5-3-4-6-13(11)15(14)2;1-10-7-8-12-11-5-3-4-6-13(11)15(2)14(12)9-10;1-14-12-8-4-2-6-10(12)11-7-3-5-9-13(11)14/h2*2-12H,1H3;4*3-9H,1-2H3;2-9H,1H3. The molecule has 18 aromatic carbocycles. The van der Waals surface area contributed by atoms with E-state index >= 15 is 0 Å². The first kappa shape index (κ1) is 71.4. The average Bonchev–Trinajstić information content (AvgIpc) is 1.49. The lowest BCUT2D eigenvalue weighted by atomic mass is 9.92. The van der Waals surface area contributed by atoms with Crippen molar-refractivity contribution < 1.29 is 0 Å². The second-order valence-corrected chi connectivity index (χ2v) is 30.1. The second kappa shape index (κ2) is 30.2. The Kier molecular flexibility index (Phi) is 19.2. The topological polar surface area (TPSA) is 24.6 Å². The first-order valence-corrected chi connectivity index (χ1v) is 38.9. The van der Waals surface area contributed by atoms with Crippen molar-refractivity contribution in [1.29, 1.82) is 0 Å². The van der Waals surface area contributed by atoms with Crippen molar-refractivity contribution >= 4 is 174 Å². The van der Waals surface area contributed by atoms with E-state index in [0.717, 1.165) is 0 Å². The Morgan fingerprint density at radius 2 is 0.393 bits per heavy atom. The van der Waals surface area contributed by atoms with E-state index in [4.69, 9.17) is 0 Å². The zero-order valence-electron chi connectivity index (χ0n) is 65.7. The minimum absolute atomic E-state index is 1.30. The van der Waals surface area contributed by atoms with E-state index in [1.807, 2.05) is 0 Å². The molecule has 112 heavy (non-hydrogen) atoms. The van der Waals surface area contributed by atoms with Crippen molar-refractivity contribution in [3.05, 3.63) is 385 Å². The van der Waals surface area contributed by atoms with Crippen molar-refractivity contribution in [3.8, 4) is 0 Å². The van der Waals surface area contributed by atoms with Crippen LogP contribution in [0.2, 0.25) is 0 Å². The summed E-state index contributed by atoms with van der Waals surface area (Å²) in [7, 11) is 10.6. The fraction of sp³-hybridized carbons (Fsp3) is 0.103. The Morgan fingerprint density at radius 3 is 0.866 bits per heavy atom. The monoisotopic (exact) mass is 1450 g/mol. The minimum atomic E-state index is 1.30. The predicted molar refractivity (Wildman–Crippen MR) is 488 cm³/mol. The lowest BCUT2D eigenvalue weighted by molar-refractivity contribution is 1.01. The molecule has 0 aliphatic carbocycles. The van der Waals surface area contributed by atoms with Crippen molar-refractivity contribution in [2.75, 3.05) is 0 Å². The van der Waals surface area contributed by atoms with Crippen LogP contribution >= 0.6 is 0 Å². The number of aryl methyl sites for hydroxylation is 11. The lowest BCUT2D eigenvalue weighted by Gasteiger charge is -2.11. The molecule has 0 bridgehead atoms. The van der Waals surface area contributed by atoms with Crippen LogP contribution in [0, 0.1) is 41.5 Å². The van der Waals surface area contributed by atoms with Gasteiger partial charge >= 0.3 is 0 Å². The number of rotatable bonds is 0. The van der Waals surface area contributed by atoms with Crippen molar-refractivity contribution in [2.45, 2.75) is 41.5 Å². The Hall–Kier alpha value is -13.5. The maximum atomic E-state index is 2.30. The highest BCUT2D eigenvalue weighted by molar-refractivity contribution is 6.27. The van der Waals surface area contributed by atoms with Gasteiger partial charge in [-0.3, -0.25) is 0 Å². The number of benzene rings is 18. The molecule has 0 atom stereocenters. The van der Waals surface area contributed by atoms with Crippen LogP contribution in [0.1, 0.15) is 33.4 Å². The highest BCUT2D eigenvalue weighted by Gasteiger charge is 2.15. The molecule has 0 saturated carbocycles. The van der Waals surface area contributed by atoms with Gasteiger partial charge in [-0.25, -0.2) is 0 Å². The third-order valence-corrected chi connectivity index (χ3v) is 23.1. The Bertz CT molecular complexity index is 7310. The summed E-state index contributed by atoms with van der Waals surface area (Å²) in [5.41, 5.74) is 21.1. The fourth-order valence-corrected chi connectivity index (χ4v) is 17.7. The van der Waals surface area contributed by atoms with Crippen LogP contribution in [-0.4, -0.2) is 22.8 Å². The molecule has 0 unspecified atom stereocenters. The molecule has 0 N–H and O–H groups in total. The van der Waals surface area contributed by atoms with E-state index in [2.05, 4.69) is 451 Å². The molecule has 5 nitrogen and oxygen atoms in total. The third-order valence-electron chi connectivity index (χ3n) is 23.1. The molecule has 5 heteroatoms. The Balaban J connectivity index is 0.0000000951. The molecule has 5 heterocycles. The van der Waals surface area contributed by atoms with Gasteiger partial charge in [0.15, 0.2) is 0 Å². The van der Waals surface area contributed by atoms with Crippen molar-refractivity contribution in [1.82, 2.24) is 22.8 Å². The highest BCUT2D eigenvalue weighted by atomic mass is 15.0. The van der Waals surface area contributed by atoms with Gasteiger partial charge in [0, 0.05) is 139 Å². The zero-order valence-corrected chi connectivity index (χ0v) is 65.7. The molecule has 0 fully saturated rings. The molecule has 0 spiro atoms. The number of hydrogen-bond donors (Lipinski definition) is 0. The van der Waals surface area contributed by atoms with Gasteiger partial charge in [0.2, 0.25) is 0 Å². The minimum Gasteiger partial charge on any atom is -0.344 e. The van der Waals surface area contributed by atoms with Crippen LogP contribution in [0.5, 0.6) is 0 Å². The van der Waals surface area contributed by atoms with E-state index in [-0.39, 0.29) is 0 Å². The van der Waals surface area contributed by atoms with Crippen LogP contribution in [0.3, 0.4) is 0 Å². The normalized spacial score (nSPS) is 11.3. The van der Waals surface area contributed by atoms with Crippen molar-refractivity contribution in [2.24, 2.45) is 35.2 Å². The van der Waals surface area contributed by atoms with Gasteiger partial charge in [0.1, 0.15) is 0 Å². The molecule has 23 aromatic rings. The summed E-state index contributed by atoms with van der Waals surface area (Å²) in [6.07, 6.45) is 0. The smallest absolute Gasteiger partial charge is 0.0518 e. The maximum absolute atomic E-state index is 2.30. The first-order valence-electron chi connectivity index (χ1n) is 38.9. The SMILES string of the molecule is Cc1ccc2c(c1)c1ccccc1n2C.Cc1ccc2c3ccccc3c3ccccc3c2c1.Cc1ccc2c3ccccc3n(C)c2c1.Cc1cccc2c1c1ccccc1n2C.Cc1cccc2c3ccccc3c3ccccc3c12.Cc1cccc2c3ccccc3n(C)c12.Cn1c2ccccc2c2ccccc21. The molecule has 0 aliphatic heterocycles. The lowest BCUT2D eigenvalue weighted by Crippen LogP contribution is -1.88. The molecule has 0 saturated heterocycles. The number of nitrogens with zero attached hydrogens (tertiary/aromatic N) is 5. The van der Waals surface area contributed by atoms with Crippen LogP contribution in [0.25, 0.3) is 174 Å². The van der Waals surface area contributed by atoms with Crippen LogP contribution in [0.4, 0.5) is 0 Å². The van der Waals surface area contributed by atoms with Gasteiger partial charge in [-0.05, 0) is 189 Å². The van der Waals surface area contributed by atoms with Crippen LogP contribution in [0.15, 0.2) is 352 Å². The summed E-state index contributed by atoms with van der Waals surface area (Å²) in [6, 6.07) is 126. The zero-order chi connectivity index (χ0) is 76.8. The number of fused-ring (bicyclic) bond motifs is 27. The van der Waals surface area contributed by atoms with Gasteiger partial charge in [0.05, 0.1) is 5.52 Å². The summed E-state index contributed by atoms with van der Waals surface area (Å²) in [6.45, 7) is 13.0. The summed E-state index contributed by atoms with van der Waals surface area (Å²) in [4.78, 5) is 0. The molecule has 544 valence electrons. The first-order chi connectivity index (χ1) is 54.7. The number of para-hydroxylation sites is 7. The Labute approximate surface area is 654 Å². The third kappa shape index (κ3) is 12.9. The molecule has 0 aliphatic rings. The number of aromatic nitrogens is 5. The van der Waals surface area contributed by atoms with Gasteiger partial charge < -0.3 is 22.8 Å². The maximum Gasteiger partial charge on any atom is 0.0518 e. The van der Waals surface area contributed by atoms with E-state index in [9.17, 15) is 0 Å². The van der Waals surface area contributed by atoms with Crippen molar-refractivity contribution in [3.63, 3.8) is 0 Å². The highest BCUT2D eigenvalue weighted by Crippen LogP contribution is 2.40. The van der Waals surface area contributed by atoms with E-state index in [1.54, 1.807) is 0 Å². The largest absolute Gasteiger partial charge is 0.344 e. The quantitative estimate of drug-likeness (QED) is 0.135. The molecule has 0 amide bonds. The molecule has 5 aromatic heterocycles. The van der Waals surface area contributed by atoms with E-state index in [0.29, 0.717) is 0 Å². The van der Waals surface area contributed by atoms with Crippen LogP contribution in [-0.2, 0) is 35.2 Å². The molecular formula is C107H91N5. The fourth-order valence-electron chi connectivity index (χ4n) is 17.7. The van der Waals surface area contributed by atoms with Gasteiger partial charge in [-0.1, -0.05) is 302 Å². The Morgan fingerprint density at radius 1 is 0.143 bits per heavy atom. The number of hydrogen-bond acceptors (Lipinski definition) is 0. The molecular weight excluding hydrogens is 1360 g/mol. The van der Waals surface area contributed by atoms with Gasteiger partial charge in [-0.15, -0.1) is 0 Å². The molecule has 23 rings (SSSR count). The predicted octanol–water partition coefficient (Wildman–Crippen LogP) is 28.8. The summed E-state index contributed by atoms with van der Waals surface area (Å²) >= 11 is 0. The molecule has 0 radical (unpaired) electrons. The van der Waals surface area contributed by atoms with Crippen LogP contribution < -0.4 is 0 Å². The van der Waals surface area contributed by atoms with E-state index in [1.165, 1.54) is 207 Å².